The standard InChI is InChI=1S/C18H22N2O3/c1-11-10-14(13-8-6-7-9-15(13)19-11)17(22)23-12(2)16(21)20-18(3,4)5/h6-10,12H,1-5H3,(H,20,21)/t12-/m1/s1. The molecule has 0 unspecified atom stereocenters. The Hall–Kier alpha value is -2.43. The lowest BCUT2D eigenvalue weighted by molar-refractivity contribution is -0.130. The predicted octanol–water partition coefficient (Wildman–Crippen LogP) is 3.00. The molecule has 23 heavy (non-hydrogen) atoms. The number of nitrogens with zero attached hydrogens (tertiary/aromatic N) is 1. The molecular weight excluding hydrogens is 292 g/mol. The van der Waals surface area contributed by atoms with Gasteiger partial charge in [-0.3, -0.25) is 9.78 Å². The maximum absolute atomic E-state index is 12.5. The first-order chi connectivity index (χ1) is 10.7. The number of hydrogen-bond acceptors (Lipinski definition) is 4. The monoisotopic (exact) mass is 314 g/mol. The normalized spacial score (nSPS) is 12.7. The molecule has 1 amide bonds. The van der Waals surface area contributed by atoms with Crippen molar-refractivity contribution in [2.45, 2.75) is 46.3 Å². The van der Waals surface area contributed by atoms with Crippen LogP contribution in [-0.2, 0) is 9.53 Å². The van der Waals surface area contributed by atoms with Gasteiger partial charge in [-0.2, -0.15) is 0 Å². The first kappa shape index (κ1) is 16.9. The fourth-order valence-corrected chi connectivity index (χ4v) is 2.23. The lowest BCUT2D eigenvalue weighted by Crippen LogP contribution is -2.46. The highest BCUT2D eigenvalue weighted by atomic mass is 16.5. The van der Waals surface area contributed by atoms with Gasteiger partial charge in [-0.15, -0.1) is 0 Å². The van der Waals surface area contributed by atoms with E-state index < -0.39 is 12.1 Å². The Bertz CT molecular complexity index is 748. The quantitative estimate of drug-likeness (QED) is 0.884. The maximum Gasteiger partial charge on any atom is 0.339 e. The molecule has 2 aromatic rings. The van der Waals surface area contributed by atoms with Gasteiger partial charge in [0.15, 0.2) is 6.10 Å². The molecule has 0 saturated heterocycles. The Morgan fingerprint density at radius 3 is 2.52 bits per heavy atom. The summed E-state index contributed by atoms with van der Waals surface area (Å²) in [6.07, 6.45) is -0.867. The van der Waals surface area contributed by atoms with Crippen LogP contribution >= 0.6 is 0 Å². The van der Waals surface area contributed by atoms with Crippen LogP contribution in [0.3, 0.4) is 0 Å². The minimum atomic E-state index is -0.867. The molecule has 0 aliphatic rings. The highest BCUT2D eigenvalue weighted by molar-refractivity contribution is 6.04. The number of fused-ring (bicyclic) bond motifs is 1. The Balaban J connectivity index is 2.23. The van der Waals surface area contributed by atoms with Gasteiger partial charge in [0.1, 0.15) is 0 Å². The van der Waals surface area contributed by atoms with E-state index in [4.69, 9.17) is 4.74 Å². The van der Waals surface area contributed by atoms with Crippen LogP contribution < -0.4 is 5.32 Å². The SMILES string of the molecule is Cc1cc(C(=O)O[C@H](C)C(=O)NC(C)(C)C)c2ccccc2n1. The zero-order valence-electron chi connectivity index (χ0n) is 14.1. The van der Waals surface area contributed by atoms with Gasteiger partial charge in [-0.05, 0) is 46.8 Å². The summed E-state index contributed by atoms with van der Waals surface area (Å²) in [6.45, 7) is 9.01. The average molecular weight is 314 g/mol. The van der Waals surface area contributed by atoms with Crippen molar-refractivity contribution in [1.82, 2.24) is 10.3 Å². The molecule has 1 N–H and O–H groups in total. The molecular formula is C18H22N2O3. The van der Waals surface area contributed by atoms with Crippen molar-refractivity contribution in [1.29, 1.82) is 0 Å². The number of nitrogens with one attached hydrogen (secondary N) is 1. The Morgan fingerprint density at radius 1 is 1.22 bits per heavy atom. The van der Waals surface area contributed by atoms with Gasteiger partial charge in [-0.25, -0.2) is 4.79 Å². The summed E-state index contributed by atoms with van der Waals surface area (Å²) in [4.78, 5) is 28.9. The third-order valence-electron chi connectivity index (χ3n) is 3.22. The minimum absolute atomic E-state index is 0.319. The predicted molar refractivity (Wildman–Crippen MR) is 89.3 cm³/mol. The van der Waals surface area contributed by atoms with Gasteiger partial charge < -0.3 is 10.1 Å². The van der Waals surface area contributed by atoms with Crippen LogP contribution in [-0.4, -0.2) is 28.5 Å². The summed E-state index contributed by atoms with van der Waals surface area (Å²) < 4.78 is 5.33. The highest BCUT2D eigenvalue weighted by Gasteiger charge is 2.23. The summed E-state index contributed by atoms with van der Waals surface area (Å²) in [5.74, 6) is -0.843. The molecule has 1 heterocycles. The molecule has 1 atom stereocenters. The molecule has 0 radical (unpaired) electrons. The summed E-state index contributed by atoms with van der Waals surface area (Å²) in [5.41, 5.74) is 1.50. The fraction of sp³-hybridized carbons (Fsp3) is 0.389. The molecule has 0 aliphatic heterocycles. The number of hydrogen-bond donors (Lipinski definition) is 1. The van der Waals surface area contributed by atoms with E-state index in [-0.39, 0.29) is 11.4 Å². The average Bonchev–Trinajstić information content (AvgIpc) is 2.44. The zero-order chi connectivity index (χ0) is 17.2. The zero-order valence-corrected chi connectivity index (χ0v) is 14.1. The van der Waals surface area contributed by atoms with E-state index in [0.29, 0.717) is 10.9 Å². The Labute approximate surface area is 136 Å². The first-order valence-corrected chi connectivity index (χ1v) is 7.57. The van der Waals surface area contributed by atoms with Crippen molar-refractivity contribution in [2.24, 2.45) is 0 Å². The van der Waals surface area contributed by atoms with Crippen LogP contribution in [0.4, 0.5) is 0 Å². The largest absolute Gasteiger partial charge is 0.449 e. The lowest BCUT2D eigenvalue weighted by Gasteiger charge is -2.23. The third-order valence-corrected chi connectivity index (χ3v) is 3.22. The number of ether oxygens (including phenoxy) is 1. The number of carbonyl (C=O) groups excluding carboxylic acids is 2. The second kappa shape index (κ2) is 6.36. The number of carbonyl (C=O) groups is 2. The highest BCUT2D eigenvalue weighted by Crippen LogP contribution is 2.19. The molecule has 1 aromatic heterocycles. The molecule has 0 aliphatic carbocycles. The van der Waals surface area contributed by atoms with Crippen molar-refractivity contribution in [3.05, 3.63) is 41.6 Å². The van der Waals surface area contributed by atoms with Gasteiger partial charge >= 0.3 is 5.97 Å². The van der Waals surface area contributed by atoms with E-state index in [2.05, 4.69) is 10.3 Å². The van der Waals surface area contributed by atoms with Crippen molar-refractivity contribution in [3.8, 4) is 0 Å². The van der Waals surface area contributed by atoms with Crippen LogP contribution in [0, 0.1) is 6.92 Å². The van der Waals surface area contributed by atoms with Crippen molar-refractivity contribution in [2.75, 3.05) is 0 Å². The summed E-state index contributed by atoms with van der Waals surface area (Å²) in [5, 5.41) is 3.51. The molecule has 0 fully saturated rings. The van der Waals surface area contributed by atoms with Gasteiger partial charge in [-0.1, -0.05) is 18.2 Å². The second-order valence-corrected chi connectivity index (χ2v) is 6.62. The second-order valence-electron chi connectivity index (χ2n) is 6.62. The minimum Gasteiger partial charge on any atom is -0.449 e. The van der Waals surface area contributed by atoms with Gasteiger partial charge in [0.25, 0.3) is 5.91 Å². The Morgan fingerprint density at radius 2 is 1.87 bits per heavy atom. The van der Waals surface area contributed by atoms with Gasteiger partial charge in [0, 0.05) is 16.6 Å². The number of rotatable bonds is 3. The topological polar surface area (TPSA) is 68.3 Å². The third kappa shape index (κ3) is 4.28. The number of pyridine rings is 1. The lowest BCUT2D eigenvalue weighted by atomic mass is 10.1. The van der Waals surface area contributed by atoms with Gasteiger partial charge in [0.05, 0.1) is 11.1 Å². The summed E-state index contributed by atoms with van der Waals surface area (Å²) in [7, 11) is 0. The summed E-state index contributed by atoms with van der Waals surface area (Å²) >= 11 is 0. The van der Waals surface area contributed by atoms with Crippen molar-refractivity contribution in [3.63, 3.8) is 0 Å². The smallest absolute Gasteiger partial charge is 0.339 e. The van der Waals surface area contributed by atoms with E-state index in [9.17, 15) is 9.59 Å². The van der Waals surface area contributed by atoms with E-state index in [0.717, 1.165) is 11.2 Å². The van der Waals surface area contributed by atoms with Crippen molar-refractivity contribution >= 4 is 22.8 Å². The summed E-state index contributed by atoms with van der Waals surface area (Å²) in [6, 6.07) is 9.04. The molecule has 1 aromatic carbocycles. The maximum atomic E-state index is 12.5. The van der Waals surface area contributed by atoms with E-state index in [1.54, 1.807) is 13.0 Å². The molecule has 5 nitrogen and oxygen atoms in total. The van der Waals surface area contributed by atoms with E-state index in [1.165, 1.54) is 0 Å². The number of para-hydroxylation sites is 1. The van der Waals surface area contributed by atoms with Crippen LogP contribution in [0.2, 0.25) is 0 Å². The molecule has 0 spiro atoms. The molecule has 5 heteroatoms. The van der Waals surface area contributed by atoms with E-state index in [1.807, 2.05) is 52.0 Å². The van der Waals surface area contributed by atoms with Gasteiger partial charge in [0.2, 0.25) is 0 Å². The van der Waals surface area contributed by atoms with Crippen LogP contribution in [0.25, 0.3) is 10.9 Å². The molecule has 0 bridgehead atoms. The van der Waals surface area contributed by atoms with Crippen molar-refractivity contribution < 1.29 is 14.3 Å². The Kier molecular flexibility index (Phi) is 4.68. The number of amides is 1. The number of benzene rings is 1. The number of aryl methyl sites for hydroxylation is 1. The molecule has 2 rings (SSSR count). The van der Waals surface area contributed by atoms with Crippen LogP contribution in [0.15, 0.2) is 30.3 Å². The van der Waals surface area contributed by atoms with Crippen LogP contribution in [0.5, 0.6) is 0 Å². The first-order valence-electron chi connectivity index (χ1n) is 7.57. The molecule has 122 valence electrons. The number of aromatic nitrogens is 1. The molecule has 0 saturated carbocycles. The number of esters is 1. The fourth-order valence-electron chi connectivity index (χ4n) is 2.23. The van der Waals surface area contributed by atoms with E-state index >= 15 is 0 Å². The van der Waals surface area contributed by atoms with Crippen LogP contribution in [0.1, 0.15) is 43.7 Å².